The lowest BCUT2D eigenvalue weighted by atomic mass is 10.1. The zero-order chi connectivity index (χ0) is 19.7. The van der Waals surface area contributed by atoms with Crippen LogP contribution in [0.3, 0.4) is 0 Å². The van der Waals surface area contributed by atoms with Gasteiger partial charge >= 0.3 is 0 Å². The van der Waals surface area contributed by atoms with Crippen molar-refractivity contribution in [3.05, 3.63) is 66.2 Å². The van der Waals surface area contributed by atoms with E-state index in [1.54, 1.807) is 37.4 Å². The van der Waals surface area contributed by atoms with Crippen LogP contribution in [0.4, 0.5) is 11.4 Å². The van der Waals surface area contributed by atoms with Gasteiger partial charge in [-0.05, 0) is 30.3 Å². The van der Waals surface area contributed by atoms with Gasteiger partial charge in [-0.3, -0.25) is 9.59 Å². The second-order valence-electron chi connectivity index (χ2n) is 6.36. The van der Waals surface area contributed by atoms with Crippen LogP contribution in [0.2, 0.25) is 0 Å². The van der Waals surface area contributed by atoms with Gasteiger partial charge in [-0.15, -0.1) is 0 Å². The molecule has 2 amide bonds. The fraction of sp³-hybridized carbons (Fsp3) is 0.0909. The molecule has 1 heterocycles. The number of nitrogens with one attached hydrogen (secondary N) is 2. The molecule has 0 aliphatic rings. The number of hydrogen-bond acceptors (Lipinski definition) is 4. The van der Waals surface area contributed by atoms with Crippen LogP contribution >= 0.6 is 0 Å². The van der Waals surface area contributed by atoms with Crippen LogP contribution < -0.4 is 15.4 Å². The SMILES string of the molecule is COc1cc2c(cc1NC(=O)c1cccc(NC(C)=O)c1)oc1ccccc12. The molecule has 1 aromatic heterocycles. The number of hydrogen-bond donors (Lipinski definition) is 2. The number of anilines is 2. The lowest BCUT2D eigenvalue weighted by Crippen LogP contribution is -2.13. The van der Waals surface area contributed by atoms with Gasteiger partial charge in [0.1, 0.15) is 16.9 Å². The van der Waals surface area contributed by atoms with Crippen molar-refractivity contribution in [1.29, 1.82) is 0 Å². The summed E-state index contributed by atoms with van der Waals surface area (Å²) in [6, 6.07) is 18.1. The van der Waals surface area contributed by atoms with Crippen LogP contribution in [0.15, 0.2) is 65.1 Å². The van der Waals surface area contributed by atoms with E-state index in [1.807, 2.05) is 30.3 Å². The third-order valence-electron chi connectivity index (χ3n) is 4.39. The van der Waals surface area contributed by atoms with Crippen molar-refractivity contribution in [2.45, 2.75) is 6.92 Å². The summed E-state index contributed by atoms with van der Waals surface area (Å²) < 4.78 is 11.4. The number of amides is 2. The van der Waals surface area contributed by atoms with E-state index in [-0.39, 0.29) is 11.8 Å². The van der Waals surface area contributed by atoms with Gasteiger partial charge < -0.3 is 19.8 Å². The molecule has 0 aliphatic carbocycles. The van der Waals surface area contributed by atoms with Crippen molar-refractivity contribution < 1.29 is 18.7 Å². The summed E-state index contributed by atoms with van der Waals surface area (Å²) in [5.74, 6) is 0.0148. The van der Waals surface area contributed by atoms with Crippen molar-refractivity contribution >= 4 is 45.1 Å². The molecule has 6 heteroatoms. The number of furan rings is 1. The van der Waals surface area contributed by atoms with E-state index in [2.05, 4.69) is 10.6 Å². The highest BCUT2D eigenvalue weighted by Gasteiger charge is 2.15. The first kappa shape index (κ1) is 17.6. The first-order chi connectivity index (χ1) is 13.5. The van der Waals surface area contributed by atoms with Gasteiger partial charge in [-0.1, -0.05) is 24.3 Å². The van der Waals surface area contributed by atoms with E-state index in [9.17, 15) is 9.59 Å². The Kier molecular flexibility index (Phi) is 4.45. The van der Waals surface area contributed by atoms with Gasteiger partial charge in [-0.25, -0.2) is 0 Å². The minimum atomic E-state index is -0.319. The second kappa shape index (κ2) is 7.08. The van der Waals surface area contributed by atoms with Gasteiger partial charge in [0.2, 0.25) is 5.91 Å². The Morgan fingerprint density at radius 1 is 0.893 bits per heavy atom. The maximum Gasteiger partial charge on any atom is 0.255 e. The van der Waals surface area contributed by atoms with Crippen molar-refractivity contribution in [2.75, 3.05) is 17.7 Å². The normalized spacial score (nSPS) is 10.8. The fourth-order valence-corrected chi connectivity index (χ4v) is 3.15. The average Bonchev–Trinajstić information content (AvgIpc) is 3.04. The minimum absolute atomic E-state index is 0.199. The molecule has 3 aromatic carbocycles. The molecule has 4 rings (SSSR count). The predicted octanol–water partition coefficient (Wildman–Crippen LogP) is 4.81. The highest BCUT2D eigenvalue weighted by atomic mass is 16.5. The van der Waals surface area contributed by atoms with Gasteiger partial charge in [0.05, 0.1) is 12.8 Å². The molecule has 2 N–H and O–H groups in total. The minimum Gasteiger partial charge on any atom is -0.495 e. The van der Waals surface area contributed by atoms with Crippen molar-refractivity contribution in [2.24, 2.45) is 0 Å². The highest BCUT2D eigenvalue weighted by Crippen LogP contribution is 2.36. The summed E-state index contributed by atoms with van der Waals surface area (Å²) in [6.07, 6.45) is 0. The number of carbonyl (C=O) groups excluding carboxylic acids is 2. The fourth-order valence-electron chi connectivity index (χ4n) is 3.15. The Morgan fingerprint density at radius 2 is 1.71 bits per heavy atom. The maximum absolute atomic E-state index is 12.7. The van der Waals surface area contributed by atoms with Crippen LogP contribution in [0, 0.1) is 0 Å². The number of ether oxygens (including phenoxy) is 1. The van der Waals surface area contributed by atoms with Gasteiger partial charge in [0, 0.05) is 35.0 Å². The molecule has 0 fully saturated rings. The van der Waals surface area contributed by atoms with Crippen LogP contribution in [0.1, 0.15) is 17.3 Å². The van der Waals surface area contributed by atoms with Crippen molar-refractivity contribution in [3.63, 3.8) is 0 Å². The van der Waals surface area contributed by atoms with Crippen LogP contribution in [-0.2, 0) is 4.79 Å². The lowest BCUT2D eigenvalue weighted by molar-refractivity contribution is -0.114. The quantitative estimate of drug-likeness (QED) is 0.537. The summed E-state index contributed by atoms with van der Waals surface area (Å²) in [5, 5.41) is 7.42. The first-order valence-corrected chi connectivity index (χ1v) is 8.73. The average molecular weight is 374 g/mol. The third kappa shape index (κ3) is 3.27. The Bertz CT molecular complexity index is 1210. The van der Waals surface area contributed by atoms with Crippen LogP contribution in [0.5, 0.6) is 5.75 Å². The first-order valence-electron chi connectivity index (χ1n) is 8.73. The Labute approximate surface area is 161 Å². The predicted molar refractivity (Wildman–Crippen MR) is 109 cm³/mol. The number of rotatable bonds is 4. The van der Waals surface area contributed by atoms with Crippen molar-refractivity contribution in [3.8, 4) is 5.75 Å². The summed E-state index contributed by atoms with van der Waals surface area (Å²) >= 11 is 0. The van der Waals surface area contributed by atoms with E-state index in [0.29, 0.717) is 28.3 Å². The van der Waals surface area contributed by atoms with Gasteiger partial charge in [0.25, 0.3) is 5.91 Å². The molecule has 4 aromatic rings. The third-order valence-corrected chi connectivity index (χ3v) is 4.39. The molecule has 0 aliphatic heterocycles. The van der Waals surface area contributed by atoms with Gasteiger partial charge in [0.15, 0.2) is 0 Å². The van der Waals surface area contributed by atoms with E-state index in [0.717, 1.165) is 16.4 Å². The molecule has 0 atom stereocenters. The smallest absolute Gasteiger partial charge is 0.255 e. The molecule has 6 nitrogen and oxygen atoms in total. The molecule has 0 saturated carbocycles. The Balaban J connectivity index is 1.69. The number of para-hydroxylation sites is 1. The van der Waals surface area contributed by atoms with E-state index in [1.165, 1.54) is 6.92 Å². The number of benzene rings is 3. The molecular weight excluding hydrogens is 356 g/mol. The molecule has 0 bridgehead atoms. The topological polar surface area (TPSA) is 80.6 Å². The zero-order valence-corrected chi connectivity index (χ0v) is 15.4. The molecule has 28 heavy (non-hydrogen) atoms. The summed E-state index contributed by atoms with van der Waals surface area (Å²) in [5.41, 5.74) is 2.90. The standard InChI is InChI=1S/C22H18N2O4/c1-13(25)23-15-7-5-6-14(10-15)22(26)24-18-12-20-17(11-21(18)27-2)16-8-3-4-9-19(16)28-20/h3-12H,1-2H3,(H,23,25)(H,24,26). The summed E-state index contributed by atoms with van der Waals surface area (Å²) in [6.45, 7) is 1.42. The van der Waals surface area contributed by atoms with E-state index in [4.69, 9.17) is 9.15 Å². The van der Waals surface area contributed by atoms with E-state index >= 15 is 0 Å². The second-order valence-corrected chi connectivity index (χ2v) is 6.36. The summed E-state index contributed by atoms with van der Waals surface area (Å²) in [7, 11) is 1.55. The Hall–Kier alpha value is -3.80. The summed E-state index contributed by atoms with van der Waals surface area (Å²) in [4.78, 5) is 23.9. The Morgan fingerprint density at radius 3 is 2.50 bits per heavy atom. The maximum atomic E-state index is 12.7. The zero-order valence-electron chi connectivity index (χ0n) is 15.4. The number of methoxy groups -OCH3 is 1. The molecule has 140 valence electrons. The monoisotopic (exact) mass is 374 g/mol. The number of fused-ring (bicyclic) bond motifs is 3. The molecule has 0 radical (unpaired) electrons. The lowest BCUT2D eigenvalue weighted by Gasteiger charge is -2.11. The van der Waals surface area contributed by atoms with E-state index < -0.39 is 0 Å². The van der Waals surface area contributed by atoms with Crippen molar-refractivity contribution in [1.82, 2.24) is 0 Å². The van der Waals surface area contributed by atoms with Crippen LogP contribution in [0.25, 0.3) is 21.9 Å². The molecule has 0 unspecified atom stereocenters. The van der Waals surface area contributed by atoms with Gasteiger partial charge in [-0.2, -0.15) is 0 Å². The molecule has 0 spiro atoms. The van der Waals surface area contributed by atoms with Crippen LogP contribution in [-0.4, -0.2) is 18.9 Å². The highest BCUT2D eigenvalue weighted by molar-refractivity contribution is 6.10. The number of carbonyl (C=O) groups is 2. The largest absolute Gasteiger partial charge is 0.495 e. The molecule has 0 saturated heterocycles. The molecular formula is C22H18N2O4.